The van der Waals surface area contributed by atoms with Crippen LogP contribution in [-0.4, -0.2) is 34.1 Å². The van der Waals surface area contributed by atoms with Gasteiger partial charge >= 0.3 is 0 Å². The van der Waals surface area contributed by atoms with Gasteiger partial charge in [-0.25, -0.2) is 0 Å². The lowest BCUT2D eigenvalue weighted by molar-refractivity contribution is 0.0666. The third-order valence-electron chi connectivity index (χ3n) is 4.56. The van der Waals surface area contributed by atoms with E-state index in [4.69, 9.17) is 0 Å². The topological polar surface area (TPSA) is 46.1 Å². The molecular weight excluding hydrogens is 286 g/mol. The zero-order valence-corrected chi connectivity index (χ0v) is 13.4. The Labute approximate surface area is 137 Å². The predicted octanol–water partition coefficient (Wildman–Crippen LogP) is 3.35. The first-order valence-electron chi connectivity index (χ1n) is 8.43. The van der Waals surface area contributed by atoms with Crippen LogP contribution in [0.5, 0.6) is 0 Å². The summed E-state index contributed by atoms with van der Waals surface area (Å²) in [5.74, 6) is 0.707. The minimum absolute atomic E-state index is 0.0904. The molecule has 0 aliphatic carbocycles. The number of aryl methyl sites for hydroxylation is 1. The summed E-state index contributed by atoms with van der Waals surface area (Å²) in [6.45, 7) is 1.73. The molecule has 1 aromatic heterocycles. The molecule has 23 heavy (non-hydrogen) atoms. The molecule has 1 aliphatic rings. The second-order valence-corrected chi connectivity index (χ2v) is 6.27. The summed E-state index contributed by atoms with van der Waals surface area (Å²) in [4.78, 5) is 14.5. The van der Waals surface area contributed by atoms with Crippen LogP contribution in [0.3, 0.4) is 0 Å². The SMILES string of the molecule is O=C(c1ccnnc1)N1CCC[C@@H](CCCc2ccccc2)C1. The summed E-state index contributed by atoms with van der Waals surface area (Å²) >= 11 is 0. The number of aromatic nitrogens is 2. The molecule has 1 saturated heterocycles. The molecule has 120 valence electrons. The van der Waals surface area contributed by atoms with Crippen LogP contribution in [0.4, 0.5) is 0 Å². The monoisotopic (exact) mass is 309 g/mol. The van der Waals surface area contributed by atoms with Gasteiger partial charge in [-0.2, -0.15) is 10.2 Å². The number of rotatable bonds is 5. The molecule has 1 aromatic carbocycles. The third kappa shape index (κ3) is 4.38. The quantitative estimate of drug-likeness (QED) is 0.851. The van der Waals surface area contributed by atoms with Gasteiger partial charge in [0.15, 0.2) is 0 Å². The lowest BCUT2D eigenvalue weighted by Gasteiger charge is -2.32. The van der Waals surface area contributed by atoms with Gasteiger partial charge in [-0.3, -0.25) is 4.79 Å². The molecule has 0 spiro atoms. The van der Waals surface area contributed by atoms with Crippen molar-refractivity contribution >= 4 is 5.91 Å². The fourth-order valence-electron chi connectivity index (χ4n) is 3.32. The van der Waals surface area contributed by atoms with Crippen molar-refractivity contribution in [1.29, 1.82) is 0 Å². The van der Waals surface area contributed by atoms with Crippen LogP contribution in [0.1, 0.15) is 41.6 Å². The highest BCUT2D eigenvalue weighted by molar-refractivity contribution is 5.93. The van der Waals surface area contributed by atoms with Crippen molar-refractivity contribution in [2.45, 2.75) is 32.1 Å². The Bertz CT molecular complexity index is 615. The number of nitrogens with zero attached hydrogens (tertiary/aromatic N) is 3. The standard InChI is InChI=1S/C19H23N3O/c23-19(18-11-12-20-21-14-18)22-13-5-10-17(15-22)9-4-8-16-6-2-1-3-7-16/h1-3,6-7,11-12,14,17H,4-5,8-10,13,15H2/t17-/m1/s1. The molecule has 0 N–H and O–H groups in total. The van der Waals surface area contributed by atoms with Crippen molar-refractivity contribution in [2.75, 3.05) is 13.1 Å². The fraction of sp³-hybridized carbons (Fsp3) is 0.421. The van der Waals surface area contributed by atoms with Gasteiger partial charge in [-0.15, -0.1) is 0 Å². The highest BCUT2D eigenvalue weighted by Crippen LogP contribution is 2.23. The van der Waals surface area contributed by atoms with Gasteiger partial charge in [-0.05, 0) is 49.7 Å². The smallest absolute Gasteiger partial charge is 0.255 e. The average Bonchev–Trinajstić information content (AvgIpc) is 2.63. The number of carbonyl (C=O) groups excluding carboxylic acids is 1. The average molecular weight is 309 g/mol. The fourth-order valence-corrected chi connectivity index (χ4v) is 3.32. The van der Waals surface area contributed by atoms with Gasteiger partial charge < -0.3 is 4.90 Å². The molecule has 4 nitrogen and oxygen atoms in total. The third-order valence-corrected chi connectivity index (χ3v) is 4.56. The normalized spacial score (nSPS) is 17.9. The first-order valence-corrected chi connectivity index (χ1v) is 8.43. The van der Waals surface area contributed by atoms with E-state index in [2.05, 4.69) is 40.5 Å². The van der Waals surface area contributed by atoms with E-state index in [9.17, 15) is 4.79 Å². The summed E-state index contributed by atoms with van der Waals surface area (Å²) in [5.41, 5.74) is 2.05. The molecule has 0 radical (unpaired) electrons. The van der Waals surface area contributed by atoms with E-state index < -0.39 is 0 Å². The number of hydrogen-bond donors (Lipinski definition) is 0. The number of likely N-dealkylation sites (tertiary alicyclic amines) is 1. The number of benzene rings is 1. The Hall–Kier alpha value is -2.23. The van der Waals surface area contributed by atoms with Gasteiger partial charge in [0.1, 0.15) is 0 Å². The van der Waals surface area contributed by atoms with Crippen LogP contribution in [0, 0.1) is 5.92 Å². The summed E-state index contributed by atoms with van der Waals surface area (Å²) in [7, 11) is 0. The largest absolute Gasteiger partial charge is 0.338 e. The van der Waals surface area contributed by atoms with Crippen molar-refractivity contribution in [3.8, 4) is 0 Å². The van der Waals surface area contributed by atoms with E-state index >= 15 is 0 Å². The molecule has 1 aliphatic heterocycles. The number of amides is 1. The number of hydrogen-bond acceptors (Lipinski definition) is 3. The van der Waals surface area contributed by atoms with Crippen LogP contribution in [0.2, 0.25) is 0 Å². The van der Waals surface area contributed by atoms with E-state index in [1.807, 2.05) is 4.90 Å². The molecular formula is C19H23N3O. The second-order valence-electron chi connectivity index (χ2n) is 6.27. The summed E-state index contributed by atoms with van der Waals surface area (Å²) in [6.07, 6.45) is 8.96. The predicted molar refractivity (Wildman–Crippen MR) is 90.0 cm³/mol. The summed E-state index contributed by atoms with van der Waals surface area (Å²) < 4.78 is 0. The van der Waals surface area contributed by atoms with Crippen LogP contribution < -0.4 is 0 Å². The summed E-state index contributed by atoms with van der Waals surface area (Å²) in [5, 5.41) is 7.54. The lowest BCUT2D eigenvalue weighted by atomic mass is 9.91. The van der Waals surface area contributed by atoms with Crippen LogP contribution >= 0.6 is 0 Å². The second kappa shape index (κ2) is 7.86. The minimum Gasteiger partial charge on any atom is -0.338 e. The van der Waals surface area contributed by atoms with Crippen LogP contribution in [-0.2, 0) is 6.42 Å². The zero-order chi connectivity index (χ0) is 15.9. The Morgan fingerprint density at radius 2 is 2.04 bits per heavy atom. The Balaban J connectivity index is 1.49. The van der Waals surface area contributed by atoms with Crippen molar-refractivity contribution in [1.82, 2.24) is 15.1 Å². The molecule has 0 bridgehead atoms. The van der Waals surface area contributed by atoms with Crippen LogP contribution in [0.15, 0.2) is 48.8 Å². The Morgan fingerprint density at radius 3 is 2.83 bits per heavy atom. The van der Waals surface area contributed by atoms with Crippen molar-refractivity contribution in [3.63, 3.8) is 0 Å². The van der Waals surface area contributed by atoms with E-state index in [0.717, 1.165) is 25.9 Å². The molecule has 4 heteroatoms. The molecule has 1 atom stereocenters. The maximum Gasteiger partial charge on any atom is 0.255 e. The van der Waals surface area contributed by atoms with Crippen molar-refractivity contribution in [2.24, 2.45) is 5.92 Å². The molecule has 2 heterocycles. The van der Waals surface area contributed by atoms with Crippen LogP contribution in [0.25, 0.3) is 0 Å². The molecule has 3 rings (SSSR count). The Kier molecular flexibility index (Phi) is 5.35. The maximum atomic E-state index is 12.5. The number of piperidine rings is 1. The molecule has 1 amide bonds. The zero-order valence-electron chi connectivity index (χ0n) is 13.4. The molecule has 1 fully saturated rings. The van der Waals surface area contributed by atoms with E-state index in [-0.39, 0.29) is 5.91 Å². The van der Waals surface area contributed by atoms with Crippen molar-refractivity contribution in [3.05, 3.63) is 59.9 Å². The minimum atomic E-state index is 0.0904. The molecule has 2 aromatic rings. The lowest BCUT2D eigenvalue weighted by Crippen LogP contribution is -2.40. The summed E-state index contributed by atoms with van der Waals surface area (Å²) in [6, 6.07) is 12.4. The van der Waals surface area contributed by atoms with Crippen molar-refractivity contribution < 1.29 is 4.79 Å². The maximum absolute atomic E-state index is 12.5. The van der Waals surface area contributed by atoms with Gasteiger partial charge in [0, 0.05) is 13.1 Å². The molecule has 0 saturated carbocycles. The number of carbonyl (C=O) groups is 1. The highest BCUT2D eigenvalue weighted by atomic mass is 16.2. The van der Waals surface area contributed by atoms with E-state index in [0.29, 0.717) is 11.5 Å². The van der Waals surface area contributed by atoms with Gasteiger partial charge in [0.25, 0.3) is 5.91 Å². The van der Waals surface area contributed by atoms with E-state index in [1.54, 1.807) is 18.5 Å². The van der Waals surface area contributed by atoms with Gasteiger partial charge in [0.2, 0.25) is 0 Å². The van der Waals surface area contributed by atoms with E-state index in [1.165, 1.54) is 24.8 Å². The van der Waals surface area contributed by atoms with Gasteiger partial charge in [-0.1, -0.05) is 30.3 Å². The highest BCUT2D eigenvalue weighted by Gasteiger charge is 2.24. The molecule has 0 unspecified atom stereocenters. The first-order chi connectivity index (χ1) is 11.3. The van der Waals surface area contributed by atoms with Gasteiger partial charge in [0.05, 0.1) is 18.0 Å². The Morgan fingerprint density at radius 1 is 1.17 bits per heavy atom. The first kappa shape index (κ1) is 15.7.